The van der Waals surface area contributed by atoms with Crippen molar-refractivity contribution in [3.63, 3.8) is 0 Å². The van der Waals surface area contributed by atoms with Gasteiger partial charge in [-0.1, -0.05) is 12.1 Å². The van der Waals surface area contributed by atoms with E-state index in [-0.39, 0.29) is 11.6 Å². The van der Waals surface area contributed by atoms with Gasteiger partial charge in [0.1, 0.15) is 11.4 Å². The van der Waals surface area contributed by atoms with E-state index in [2.05, 4.69) is 21.7 Å². The van der Waals surface area contributed by atoms with E-state index in [1.165, 1.54) is 0 Å². The van der Waals surface area contributed by atoms with Gasteiger partial charge in [-0.2, -0.15) is 5.26 Å². The number of benzene rings is 2. The van der Waals surface area contributed by atoms with E-state index in [0.717, 1.165) is 11.4 Å². The zero-order chi connectivity index (χ0) is 18.4. The highest BCUT2D eigenvalue weighted by Gasteiger charge is 2.11. The number of amides is 1. The summed E-state index contributed by atoms with van der Waals surface area (Å²) in [6, 6.07) is 19.7. The van der Waals surface area contributed by atoms with E-state index in [0.29, 0.717) is 17.0 Å². The van der Waals surface area contributed by atoms with Gasteiger partial charge in [-0.15, -0.1) is 0 Å². The Balaban J connectivity index is 1.75. The summed E-state index contributed by atoms with van der Waals surface area (Å²) in [6.45, 7) is 0. The van der Waals surface area contributed by atoms with Crippen molar-refractivity contribution in [3.8, 4) is 11.8 Å². The molecule has 3 rings (SSSR count). The lowest BCUT2D eigenvalue weighted by Gasteiger charge is -2.11. The first-order valence-electron chi connectivity index (χ1n) is 7.87. The molecule has 1 aromatic heterocycles. The molecule has 0 aliphatic heterocycles. The Morgan fingerprint density at radius 1 is 1.08 bits per heavy atom. The van der Waals surface area contributed by atoms with Crippen molar-refractivity contribution in [2.75, 3.05) is 17.7 Å². The van der Waals surface area contributed by atoms with Gasteiger partial charge < -0.3 is 15.4 Å². The number of hydrogen-bond acceptors (Lipinski definition) is 5. The van der Waals surface area contributed by atoms with Crippen LogP contribution in [0.15, 0.2) is 66.9 Å². The average Bonchev–Trinajstić information content (AvgIpc) is 2.69. The number of aromatic nitrogens is 1. The summed E-state index contributed by atoms with van der Waals surface area (Å²) in [5.74, 6) is 0.241. The number of nitrogens with zero attached hydrogens (tertiary/aromatic N) is 2. The Kier molecular flexibility index (Phi) is 5.11. The van der Waals surface area contributed by atoms with Gasteiger partial charge >= 0.3 is 0 Å². The van der Waals surface area contributed by atoms with Crippen LogP contribution in [0.4, 0.5) is 17.1 Å². The Morgan fingerprint density at radius 2 is 1.85 bits per heavy atom. The van der Waals surface area contributed by atoms with Gasteiger partial charge in [0.2, 0.25) is 0 Å². The quantitative estimate of drug-likeness (QED) is 0.731. The fourth-order valence-corrected chi connectivity index (χ4v) is 2.36. The Labute approximate surface area is 151 Å². The summed E-state index contributed by atoms with van der Waals surface area (Å²) in [5, 5.41) is 14.8. The molecule has 128 valence electrons. The SMILES string of the molecule is COc1ccccc1NC(=O)c1cc(Nc2ccc(C#N)cc2)ccn1. The molecular weight excluding hydrogens is 328 g/mol. The monoisotopic (exact) mass is 344 g/mol. The van der Waals surface area contributed by atoms with Crippen LogP contribution in [0.5, 0.6) is 5.75 Å². The predicted octanol–water partition coefficient (Wildman–Crippen LogP) is 3.96. The standard InChI is InChI=1S/C20H16N4O2/c1-26-19-5-3-2-4-17(19)24-20(25)18-12-16(10-11-22-18)23-15-8-6-14(13-21)7-9-15/h2-12H,1H3,(H,22,23)(H,24,25). The van der Waals surface area contributed by atoms with Crippen molar-refractivity contribution in [2.24, 2.45) is 0 Å². The Bertz CT molecular complexity index is 962. The molecule has 6 heteroatoms. The average molecular weight is 344 g/mol. The van der Waals surface area contributed by atoms with Crippen molar-refractivity contribution in [1.29, 1.82) is 5.26 Å². The van der Waals surface area contributed by atoms with E-state index < -0.39 is 0 Å². The van der Waals surface area contributed by atoms with Crippen molar-refractivity contribution >= 4 is 23.0 Å². The molecule has 3 aromatic rings. The second-order valence-corrected chi connectivity index (χ2v) is 5.40. The number of rotatable bonds is 5. The molecule has 1 heterocycles. The summed E-state index contributed by atoms with van der Waals surface area (Å²) in [4.78, 5) is 16.6. The molecule has 1 amide bonds. The molecule has 26 heavy (non-hydrogen) atoms. The molecule has 0 bridgehead atoms. The lowest BCUT2D eigenvalue weighted by molar-refractivity contribution is 0.102. The first-order chi connectivity index (χ1) is 12.7. The maximum Gasteiger partial charge on any atom is 0.274 e. The number of para-hydroxylation sites is 2. The van der Waals surface area contributed by atoms with Crippen molar-refractivity contribution in [2.45, 2.75) is 0 Å². The summed E-state index contributed by atoms with van der Waals surface area (Å²) in [6.07, 6.45) is 1.56. The van der Waals surface area contributed by atoms with Crippen molar-refractivity contribution in [3.05, 3.63) is 78.1 Å². The van der Waals surface area contributed by atoms with E-state index in [4.69, 9.17) is 10.00 Å². The van der Waals surface area contributed by atoms with Crippen LogP contribution in [0.1, 0.15) is 16.1 Å². The molecule has 0 saturated heterocycles. The minimum Gasteiger partial charge on any atom is -0.495 e. The maximum atomic E-state index is 12.5. The van der Waals surface area contributed by atoms with Crippen LogP contribution in [0.2, 0.25) is 0 Å². The fourth-order valence-electron chi connectivity index (χ4n) is 2.36. The van der Waals surface area contributed by atoms with Crippen LogP contribution < -0.4 is 15.4 Å². The molecule has 0 radical (unpaired) electrons. The largest absolute Gasteiger partial charge is 0.495 e. The number of nitriles is 1. The fraction of sp³-hybridized carbons (Fsp3) is 0.0500. The summed E-state index contributed by atoms with van der Waals surface area (Å²) < 4.78 is 5.23. The Morgan fingerprint density at radius 3 is 2.58 bits per heavy atom. The number of ether oxygens (including phenoxy) is 1. The van der Waals surface area contributed by atoms with Crippen LogP contribution in [0.25, 0.3) is 0 Å². The molecule has 0 aliphatic carbocycles. The van der Waals surface area contributed by atoms with Gasteiger partial charge in [-0.25, -0.2) is 0 Å². The zero-order valence-corrected chi connectivity index (χ0v) is 14.1. The number of carbonyl (C=O) groups is 1. The number of pyridine rings is 1. The molecule has 0 aliphatic rings. The minimum absolute atomic E-state index is 0.273. The van der Waals surface area contributed by atoms with Gasteiger partial charge in [-0.05, 0) is 48.5 Å². The topological polar surface area (TPSA) is 87.0 Å². The van der Waals surface area contributed by atoms with Gasteiger partial charge in [0.05, 0.1) is 24.4 Å². The van der Waals surface area contributed by atoms with Crippen LogP contribution in [-0.2, 0) is 0 Å². The number of nitrogens with one attached hydrogen (secondary N) is 2. The second-order valence-electron chi connectivity index (χ2n) is 5.40. The van der Waals surface area contributed by atoms with E-state index in [9.17, 15) is 4.79 Å². The van der Waals surface area contributed by atoms with Gasteiger partial charge in [-0.3, -0.25) is 9.78 Å². The summed E-state index contributed by atoms with van der Waals surface area (Å²) in [7, 11) is 1.55. The van der Waals surface area contributed by atoms with Gasteiger partial charge in [0.15, 0.2) is 0 Å². The highest BCUT2D eigenvalue weighted by Crippen LogP contribution is 2.24. The van der Waals surface area contributed by atoms with Crippen LogP contribution in [0.3, 0.4) is 0 Å². The molecule has 0 spiro atoms. The molecule has 2 aromatic carbocycles. The van der Waals surface area contributed by atoms with E-state index in [1.807, 2.05) is 12.1 Å². The minimum atomic E-state index is -0.335. The molecule has 0 saturated carbocycles. The van der Waals surface area contributed by atoms with E-state index in [1.54, 1.807) is 61.8 Å². The highest BCUT2D eigenvalue weighted by molar-refractivity contribution is 6.04. The maximum absolute atomic E-state index is 12.5. The van der Waals surface area contributed by atoms with E-state index >= 15 is 0 Å². The molecule has 6 nitrogen and oxygen atoms in total. The third-order valence-corrected chi connectivity index (χ3v) is 3.65. The van der Waals surface area contributed by atoms with Crippen molar-refractivity contribution < 1.29 is 9.53 Å². The molecule has 0 fully saturated rings. The molecule has 0 atom stereocenters. The highest BCUT2D eigenvalue weighted by atomic mass is 16.5. The van der Waals surface area contributed by atoms with Crippen molar-refractivity contribution in [1.82, 2.24) is 4.98 Å². The molecule has 0 unspecified atom stereocenters. The first-order valence-corrected chi connectivity index (χ1v) is 7.87. The third-order valence-electron chi connectivity index (χ3n) is 3.65. The number of carbonyl (C=O) groups excluding carboxylic acids is 1. The second kappa shape index (κ2) is 7.81. The molecular formula is C20H16N4O2. The predicted molar refractivity (Wildman–Crippen MR) is 99.6 cm³/mol. The van der Waals surface area contributed by atoms with Gasteiger partial charge in [0.25, 0.3) is 5.91 Å². The Hall–Kier alpha value is -3.85. The van der Waals surface area contributed by atoms with Crippen LogP contribution in [-0.4, -0.2) is 18.0 Å². The van der Waals surface area contributed by atoms with Crippen LogP contribution in [0, 0.1) is 11.3 Å². The first kappa shape index (κ1) is 17.0. The number of anilines is 3. The summed E-state index contributed by atoms with van der Waals surface area (Å²) in [5.41, 5.74) is 2.96. The lowest BCUT2D eigenvalue weighted by atomic mass is 10.2. The summed E-state index contributed by atoms with van der Waals surface area (Å²) >= 11 is 0. The number of methoxy groups -OCH3 is 1. The number of hydrogen-bond donors (Lipinski definition) is 2. The smallest absolute Gasteiger partial charge is 0.274 e. The van der Waals surface area contributed by atoms with Gasteiger partial charge in [0, 0.05) is 17.6 Å². The lowest BCUT2D eigenvalue weighted by Crippen LogP contribution is -2.14. The van der Waals surface area contributed by atoms with Crippen LogP contribution >= 0.6 is 0 Å². The third kappa shape index (κ3) is 3.97. The molecule has 2 N–H and O–H groups in total. The zero-order valence-electron chi connectivity index (χ0n) is 14.1. The normalized spacial score (nSPS) is 9.85.